The molecule has 1 atom stereocenters. The molecular formula is C14H18N4OS. The van der Waals surface area contributed by atoms with Crippen LogP contribution in [0.1, 0.15) is 6.92 Å². The molecule has 2 aromatic rings. The number of piperazine rings is 1. The van der Waals surface area contributed by atoms with Crippen molar-refractivity contribution in [3.63, 3.8) is 0 Å². The first-order chi connectivity index (χ1) is 9.72. The van der Waals surface area contributed by atoms with Crippen LogP contribution in [-0.4, -0.2) is 48.0 Å². The zero-order valence-corrected chi connectivity index (χ0v) is 12.2. The van der Waals surface area contributed by atoms with Gasteiger partial charge in [-0.1, -0.05) is 23.5 Å². The maximum Gasteiger partial charge on any atom is 0.240 e. The van der Waals surface area contributed by atoms with E-state index in [1.165, 1.54) is 11.3 Å². The van der Waals surface area contributed by atoms with Gasteiger partial charge in [-0.2, -0.15) is 0 Å². The molecule has 6 heteroatoms. The molecule has 5 nitrogen and oxygen atoms in total. The molecule has 1 aliphatic heterocycles. The standard InChI is InChI=1S/C14H18N4OS/c1-10-8-15-6-7-18(10)9-13(19)17-14-16-11-4-2-3-5-12(11)20-14/h2-5,10,15H,6-9H2,1H3,(H,16,17,19)/t10-/m1/s1. The van der Waals surface area contributed by atoms with Crippen LogP contribution in [0.25, 0.3) is 10.2 Å². The maximum absolute atomic E-state index is 12.1. The first-order valence-corrected chi connectivity index (χ1v) is 7.64. The van der Waals surface area contributed by atoms with Gasteiger partial charge in [0, 0.05) is 25.7 Å². The normalized spacial score (nSPS) is 20.1. The number of fused-ring (bicyclic) bond motifs is 1. The van der Waals surface area contributed by atoms with Crippen LogP contribution in [0.5, 0.6) is 0 Å². The molecule has 1 aromatic carbocycles. The second-order valence-electron chi connectivity index (χ2n) is 5.06. The first-order valence-electron chi connectivity index (χ1n) is 6.82. The van der Waals surface area contributed by atoms with E-state index in [9.17, 15) is 4.79 Å². The summed E-state index contributed by atoms with van der Waals surface area (Å²) in [5.74, 6) is 0.0119. The highest BCUT2D eigenvalue weighted by molar-refractivity contribution is 7.22. The van der Waals surface area contributed by atoms with Crippen molar-refractivity contribution in [1.82, 2.24) is 15.2 Å². The largest absolute Gasteiger partial charge is 0.314 e. The predicted octanol–water partition coefficient (Wildman–Crippen LogP) is 1.53. The van der Waals surface area contributed by atoms with Gasteiger partial charge in [0.2, 0.25) is 5.91 Å². The minimum atomic E-state index is 0.0119. The average molecular weight is 290 g/mol. The van der Waals surface area contributed by atoms with E-state index in [0.717, 1.165) is 29.9 Å². The lowest BCUT2D eigenvalue weighted by atomic mass is 10.2. The highest BCUT2D eigenvalue weighted by atomic mass is 32.1. The minimum absolute atomic E-state index is 0.0119. The number of benzene rings is 1. The van der Waals surface area contributed by atoms with Crippen molar-refractivity contribution in [3.05, 3.63) is 24.3 Å². The lowest BCUT2D eigenvalue weighted by molar-refractivity contribution is -0.118. The molecule has 1 aliphatic rings. The van der Waals surface area contributed by atoms with Gasteiger partial charge in [0.1, 0.15) is 0 Å². The van der Waals surface area contributed by atoms with Gasteiger partial charge < -0.3 is 10.6 Å². The van der Waals surface area contributed by atoms with Crippen LogP contribution in [0, 0.1) is 0 Å². The molecule has 1 fully saturated rings. The highest BCUT2D eigenvalue weighted by Gasteiger charge is 2.20. The fourth-order valence-corrected chi connectivity index (χ4v) is 3.27. The van der Waals surface area contributed by atoms with E-state index < -0.39 is 0 Å². The number of hydrogen-bond acceptors (Lipinski definition) is 5. The van der Waals surface area contributed by atoms with E-state index in [0.29, 0.717) is 17.7 Å². The Morgan fingerprint density at radius 3 is 3.20 bits per heavy atom. The number of para-hydroxylation sites is 1. The molecule has 0 spiro atoms. The smallest absolute Gasteiger partial charge is 0.240 e. The number of thiazole rings is 1. The molecule has 0 bridgehead atoms. The molecule has 0 unspecified atom stereocenters. The highest BCUT2D eigenvalue weighted by Crippen LogP contribution is 2.25. The molecule has 0 aliphatic carbocycles. The molecular weight excluding hydrogens is 272 g/mol. The van der Waals surface area contributed by atoms with Gasteiger partial charge in [-0.15, -0.1) is 0 Å². The number of rotatable bonds is 3. The summed E-state index contributed by atoms with van der Waals surface area (Å²) in [4.78, 5) is 18.7. The number of nitrogens with one attached hydrogen (secondary N) is 2. The van der Waals surface area contributed by atoms with E-state index in [1.54, 1.807) is 0 Å². The molecule has 2 N–H and O–H groups in total. The summed E-state index contributed by atoms with van der Waals surface area (Å²) in [6.07, 6.45) is 0. The average Bonchev–Trinajstić information content (AvgIpc) is 2.83. The lowest BCUT2D eigenvalue weighted by Gasteiger charge is -2.33. The summed E-state index contributed by atoms with van der Waals surface area (Å²) in [5.41, 5.74) is 0.934. The molecule has 2 heterocycles. The van der Waals surface area contributed by atoms with E-state index in [4.69, 9.17) is 0 Å². The number of nitrogens with zero attached hydrogens (tertiary/aromatic N) is 2. The molecule has 1 aromatic heterocycles. The summed E-state index contributed by atoms with van der Waals surface area (Å²) < 4.78 is 1.10. The molecule has 20 heavy (non-hydrogen) atoms. The van der Waals surface area contributed by atoms with Gasteiger partial charge in [0.15, 0.2) is 5.13 Å². The summed E-state index contributed by atoms with van der Waals surface area (Å²) in [6, 6.07) is 8.30. The number of carbonyl (C=O) groups is 1. The molecule has 0 radical (unpaired) electrons. The molecule has 1 amide bonds. The second-order valence-corrected chi connectivity index (χ2v) is 6.09. The van der Waals surface area contributed by atoms with E-state index in [1.807, 2.05) is 24.3 Å². The molecule has 3 rings (SSSR count). The SMILES string of the molecule is C[C@@H]1CNCCN1CC(=O)Nc1nc2ccccc2s1. The van der Waals surface area contributed by atoms with E-state index in [2.05, 4.69) is 27.4 Å². The Kier molecular flexibility index (Phi) is 3.95. The van der Waals surface area contributed by atoms with Crippen LogP contribution in [0.3, 0.4) is 0 Å². The zero-order valence-electron chi connectivity index (χ0n) is 11.4. The Bertz CT molecular complexity index is 579. The summed E-state index contributed by atoms with van der Waals surface area (Å²) in [5, 5.41) is 6.91. The summed E-state index contributed by atoms with van der Waals surface area (Å²) in [6.45, 7) is 5.36. The molecule has 106 valence electrons. The number of aromatic nitrogens is 1. The van der Waals surface area contributed by atoms with Crippen molar-refractivity contribution in [1.29, 1.82) is 0 Å². The quantitative estimate of drug-likeness (QED) is 0.900. The third-order valence-corrected chi connectivity index (χ3v) is 4.48. The predicted molar refractivity (Wildman–Crippen MR) is 82.2 cm³/mol. The summed E-state index contributed by atoms with van der Waals surface area (Å²) >= 11 is 1.51. The van der Waals surface area contributed by atoms with Crippen LogP contribution in [-0.2, 0) is 4.79 Å². The van der Waals surface area contributed by atoms with Crippen molar-refractivity contribution in [2.45, 2.75) is 13.0 Å². The van der Waals surface area contributed by atoms with Gasteiger partial charge in [-0.25, -0.2) is 4.98 Å². The van der Waals surface area contributed by atoms with Crippen LogP contribution in [0.4, 0.5) is 5.13 Å². The van der Waals surface area contributed by atoms with Crippen LogP contribution in [0.15, 0.2) is 24.3 Å². The van der Waals surface area contributed by atoms with Crippen LogP contribution < -0.4 is 10.6 Å². The van der Waals surface area contributed by atoms with E-state index >= 15 is 0 Å². The Hall–Kier alpha value is -1.50. The number of carbonyl (C=O) groups excluding carboxylic acids is 1. The number of amides is 1. The van der Waals surface area contributed by atoms with Crippen molar-refractivity contribution in [2.24, 2.45) is 0 Å². The van der Waals surface area contributed by atoms with Crippen molar-refractivity contribution in [2.75, 3.05) is 31.5 Å². The Balaban J connectivity index is 1.63. The second kappa shape index (κ2) is 5.87. The third-order valence-electron chi connectivity index (χ3n) is 3.53. The monoisotopic (exact) mass is 290 g/mol. The number of anilines is 1. The molecule has 1 saturated heterocycles. The minimum Gasteiger partial charge on any atom is -0.314 e. The van der Waals surface area contributed by atoms with E-state index in [-0.39, 0.29) is 5.91 Å². The van der Waals surface area contributed by atoms with Crippen molar-refractivity contribution >= 4 is 32.6 Å². The number of hydrogen-bond donors (Lipinski definition) is 2. The maximum atomic E-state index is 12.1. The van der Waals surface area contributed by atoms with Gasteiger partial charge >= 0.3 is 0 Å². The van der Waals surface area contributed by atoms with Crippen LogP contribution >= 0.6 is 11.3 Å². The first kappa shape index (κ1) is 13.5. The molecule has 0 saturated carbocycles. The van der Waals surface area contributed by atoms with Crippen molar-refractivity contribution in [3.8, 4) is 0 Å². The van der Waals surface area contributed by atoms with Crippen molar-refractivity contribution < 1.29 is 4.79 Å². The third kappa shape index (κ3) is 2.98. The topological polar surface area (TPSA) is 57.3 Å². The Labute approximate surface area is 122 Å². The fraction of sp³-hybridized carbons (Fsp3) is 0.429. The van der Waals surface area contributed by atoms with Crippen LogP contribution in [0.2, 0.25) is 0 Å². The Morgan fingerprint density at radius 1 is 1.55 bits per heavy atom. The summed E-state index contributed by atoms with van der Waals surface area (Å²) in [7, 11) is 0. The lowest BCUT2D eigenvalue weighted by Crippen LogP contribution is -2.51. The fourth-order valence-electron chi connectivity index (χ4n) is 2.39. The Morgan fingerprint density at radius 2 is 2.40 bits per heavy atom. The van der Waals surface area contributed by atoms with Gasteiger partial charge in [-0.05, 0) is 19.1 Å². The zero-order chi connectivity index (χ0) is 13.9. The van der Waals surface area contributed by atoms with Gasteiger partial charge in [0.05, 0.1) is 16.8 Å². The van der Waals surface area contributed by atoms with Gasteiger partial charge in [0.25, 0.3) is 0 Å². The van der Waals surface area contributed by atoms with Gasteiger partial charge in [-0.3, -0.25) is 9.69 Å².